The summed E-state index contributed by atoms with van der Waals surface area (Å²) in [5, 5.41) is 0. The van der Waals surface area contributed by atoms with Gasteiger partial charge in [0.05, 0.1) is 0 Å². The lowest BCUT2D eigenvalue weighted by Crippen LogP contribution is -2.02. The van der Waals surface area contributed by atoms with Crippen LogP contribution in [0.25, 0.3) is 0 Å². The monoisotopic (exact) mass is 151 g/mol. The molecule has 0 radical (unpaired) electrons. The highest BCUT2D eigenvalue weighted by molar-refractivity contribution is 5.29. The molecule has 0 bridgehead atoms. The van der Waals surface area contributed by atoms with Crippen molar-refractivity contribution in [2.75, 3.05) is 5.73 Å². The Labute approximate surface area is 66.7 Å². The van der Waals surface area contributed by atoms with Gasteiger partial charge in [-0.3, -0.25) is 0 Å². The summed E-state index contributed by atoms with van der Waals surface area (Å²) < 4.78 is 0. The molecule has 11 heavy (non-hydrogen) atoms. The Morgan fingerprint density at radius 2 is 2.00 bits per heavy atom. The molecule has 2 N–H and O–H groups in total. The van der Waals surface area contributed by atoms with Gasteiger partial charge in [0.15, 0.2) is 0 Å². The molecule has 0 saturated carbocycles. The van der Waals surface area contributed by atoms with E-state index >= 15 is 0 Å². The van der Waals surface area contributed by atoms with Gasteiger partial charge in [0.1, 0.15) is 11.6 Å². The van der Waals surface area contributed by atoms with E-state index in [1.165, 1.54) is 0 Å². The number of anilines is 1. The highest BCUT2D eigenvalue weighted by Gasteiger charge is 2.03. The standard InChI is InChI=1S/C8H13N3/c1-5(2)8-10-6(3)4-7(9)11-8/h4-5H,1-3H3,(H2,9,10,11). The van der Waals surface area contributed by atoms with Crippen LogP contribution in [0, 0.1) is 6.92 Å². The van der Waals surface area contributed by atoms with Gasteiger partial charge in [0.25, 0.3) is 0 Å². The number of aromatic nitrogens is 2. The minimum absolute atomic E-state index is 0.345. The smallest absolute Gasteiger partial charge is 0.133 e. The van der Waals surface area contributed by atoms with Crippen molar-refractivity contribution in [1.82, 2.24) is 9.97 Å². The molecule has 0 atom stereocenters. The van der Waals surface area contributed by atoms with Gasteiger partial charge in [0.2, 0.25) is 0 Å². The van der Waals surface area contributed by atoms with E-state index in [4.69, 9.17) is 5.73 Å². The molecule has 0 spiro atoms. The topological polar surface area (TPSA) is 51.8 Å². The van der Waals surface area contributed by atoms with Gasteiger partial charge in [-0.1, -0.05) is 13.8 Å². The second-order valence-corrected chi connectivity index (χ2v) is 2.95. The third kappa shape index (κ3) is 1.90. The van der Waals surface area contributed by atoms with Crippen LogP contribution in [0.4, 0.5) is 5.82 Å². The van der Waals surface area contributed by atoms with E-state index < -0.39 is 0 Å². The van der Waals surface area contributed by atoms with Gasteiger partial charge in [-0.25, -0.2) is 9.97 Å². The number of nitrogens with two attached hydrogens (primary N) is 1. The molecule has 3 heteroatoms. The van der Waals surface area contributed by atoms with Crippen LogP contribution in [0.5, 0.6) is 0 Å². The van der Waals surface area contributed by atoms with Crippen LogP contribution in [-0.2, 0) is 0 Å². The predicted molar refractivity (Wildman–Crippen MR) is 45.3 cm³/mol. The Hall–Kier alpha value is -1.12. The molecular formula is C8H13N3. The fourth-order valence-electron chi connectivity index (χ4n) is 0.875. The highest BCUT2D eigenvalue weighted by Crippen LogP contribution is 2.10. The first kappa shape index (κ1) is 7.98. The first-order chi connectivity index (χ1) is 5.09. The summed E-state index contributed by atoms with van der Waals surface area (Å²) in [6, 6.07) is 1.77. The van der Waals surface area contributed by atoms with Crippen molar-refractivity contribution >= 4 is 5.82 Å². The third-order valence-electron chi connectivity index (χ3n) is 1.41. The fourth-order valence-corrected chi connectivity index (χ4v) is 0.875. The average molecular weight is 151 g/mol. The van der Waals surface area contributed by atoms with Crippen LogP contribution >= 0.6 is 0 Å². The van der Waals surface area contributed by atoms with E-state index in [9.17, 15) is 0 Å². The van der Waals surface area contributed by atoms with Gasteiger partial charge >= 0.3 is 0 Å². The molecule has 0 aromatic carbocycles. The van der Waals surface area contributed by atoms with Crippen LogP contribution in [0.15, 0.2) is 6.07 Å². The van der Waals surface area contributed by atoms with E-state index in [0.29, 0.717) is 11.7 Å². The zero-order chi connectivity index (χ0) is 8.43. The molecule has 0 aliphatic carbocycles. The summed E-state index contributed by atoms with van der Waals surface area (Å²) in [6.45, 7) is 6.02. The summed E-state index contributed by atoms with van der Waals surface area (Å²) in [5.74, 6) is 1.72. The maximum absolute atomic E-state index is 5.55. The van der Waals surface area contributed by atoms with Crippen LogP contribution in [0.2, 0.25) is 0 Å². The molecule has 0 aliphatic heterocycles. The van der Waals surface area contributed by atoms with Gasteiger partial charge in [-0.05, 0) is 6.92 Å². The summed E-state index contributed by atoms with van der Waals surface area (Å²) in [6.07, 6.45) is 0. The molecule has 0 unspecified atom stereocenters. The molecule has 0 fully saturated rings. The maximum atomic E-state index is 5.55. The van der Waals surface area contributed by atoms with Crippen molar-refractivity contribution in [2.24, 2.45) is 0 Å². The first-order valence-electron chi connectivity index (χ1n) is 3.70. The van der Waals surface area contributed by atoms with Crippen LogP contribution in [-0.4, -0.2) is 9.97 Å². The highest BCUT2D eigenvalue weighted by atomic mass is 14.9. The largest absolute Gasteiger partial charge is 0.384 e. The Morgan fingerprint density at radius 3 is 2.45 bits per heavy atom. The number of nitrogens with zero attached hydrogens (tertiary/aromatic N) is 2. The van der Waals surface area contributed by atoms with Crippen LogP contribution in [0.3, 0.4) is 0 Å². The normalized spacial score (nSPS) is 10.5. The quantitative estimate of drug-likeness (QED) is 0.661. The van der Waals surface area contributed by atoms with Crippen molar-refractivity contribution in [3.63, 3.8) is 0 Å². The van der Waals surface area contributed by atoms with E-state index in [1.807, 2.05) is 20.8 Å². The lowest BCUT2D eigenvalue weighted by molar-refractivity contribution is 0.769. The van der Waals surface area contributed by atoms with Crippen molar-refractivity contribution < 1.29 is 0 Å². The summed E-state index contributed by atoms with van der Waals surface area (Å²) in [7, 11) is 0. The minimum atomic E-state index is 0.345. The number of aryl methyl sites for hydroxylation is 1. The molecule has 0 amide bonds. The van der Waals surface area contributed by atoms with Crippen molar-refractivity contribution in [2.45, 2.75) is 26.7 Å². The van der Waals surface area contributed by atoms with Crippen molar-refractivity contribution in [3.8, 4) is 0 Å². The van der Waals surface area contributed by atoms with Crippen molar-refractivity contribution in [1.29, 1.82) is 0 Å². The lowest BCUT2D eigenvalue weighted by Gasteiger charge is -2.04. The summed E-state index contributed by atoms with van der Waals surface area (Å²) >= 11 is 0. The molecule has 0 aliphatic rings. The zero-order valence-electron chi connectivity index (χ0n) is 7.13. The maximum Gasteiger partial charge on any atom is 0.133 e. The van der Waals surface area contributed by atoms with Crippen molar-refractivity contribution in [3.05, 3.63) is 17.6 Å². The summed E-state index contributed by atoms with van der Waals surface area (Å²) in [4.78, 5) is 8.34. The van der Waals surface area contributed by atoms with Crippen LogP contribution in [0.1, 0.15) is 31.3 Å². The van der Waals surface area contributed by atoms with E-state index in [0.717, 1.165) is 11.5 Å². The number of hydrogen-bond donors (Lipinski definition) is 1. The molecule has 3 nitrogen and oxygen atoms in total. The fraction of sp³-hybridized carbons (Fsp3) is 0.500. The first-order valence-corrected chi connectivity index (χ1v) is 3.70. The molecule has 60 valence electrons. The molecule has 1 rings (SSSR count). The minimum Gasteiger partial charge on any atom is -0.384 e. The van der Waals surface area contributed by atoms with Crippen LogP contribution < -0.4 is 5.73 Å². The van der Waals surface area contributed by atoms with Gasteiger partial charge in [-0.2, -0.15) is 0 Å². The van der Waals surface area contributed by atoms with Gasteiger partial charge < -0.3 is 5.73 Å². The lowest BCUT2D eigenvalue weighted by atomic mass is 10.2. The Bertz CT molecular complexity index is 235. The summed E-state index contributed by atoms with van der Waals surface area (Å²) in [5.41, 5.74) is 6.48. The van der Waals surface area contributed by atoms with Gasteiger partial charge in [-0.15, -0.1) is 0 Å². The SMILES string of the molecule is Cc1cc(N)nc(C(C)C)n1. The number of rotatable bonds is 1. The molecular weight excluding hydrogens is 138 g/mol. The Kier molecular flexibility index (Phi) is 2.08. The average Bonchev–Trinajstić information content (AvgIpc) is 1.85. The second-order valence-electron chi connectivity index (χ2n) is 2.95. The van der Waals surface area contributed by atoms with E-state index in [1.54, 1.807) is 6.07 Å². The second kappa shape index (κ2) is 2.86. The predicted octanol–water partition coefficient (Wildman–Crippen LogP) is 1.49. The van der Waals surface area contributed by atoms with E-state index in [-0.39, 0.29) is 0 Å². The van der Waals surface area contributed by atoms with Gasteiger partial charge in [0, 0.05) is 17.7 Å². The third-order valence-corrected chi connectivity index (χ3v) is 1.41. The Balaban J connectivity index is 3.08. The molecule has 1 aromatic heterocycles. The number of nitrogen functional groups attached to an aromatic ring is 1. The zero-order valence-corrected chi connectivity index (χ0v) is 7.13. The Morgan fingerprint density at radius 1 is 1.36 bits per heavy atom. The van der Waals surface area contributed by atoms with E-state index in [2.05, 4.69) is 9.97 Å². The number of hydrogen-bond acceptors (Lipinski definition) is 3. The molecule has 0 saturated heterocycles. The molecule has 1 aromatic rings. The molecule has 1 heterocycles.